The minimum Gasteiger partial charge on any atom is -0.487 e. The summed E-state index contributed by atoms with van der Waals surface area (Å²) in [6.07, 6.45) is 1.50. The second kappa shape index (κ2) is 7.28. The molecule has 5 heteroatoms. The summed E-state index contributed by atoms with van der Waals surface area (Å²) in [7, 11) is 3.78. The topological polar surface area (TPSA) is 24.8 Å². The molecule has 1 rings (SSSR count). The number of aryl methyl sites for hydroxylation is 2. The number of halogens is 2. The van der Waals surface area contributed by atoms with E-state index in [1.54, 1.807) is 33.2 Å². The number of nitrogens with zero attached hydrogens (tertiary/aromatic N) is 2. The van der Waals surface area contributed by atoms with Gasteiger partial charge in [0.25, 0.3) is 5.92 Å². The summed E-state index contributed by atoms with van der Waals surface area (Å²) in [6, 6.07) is 3.62. The van der Waals surface area contributed by atoms with Gasteiger partial charge < -0.3 is 9.64 Å². The maximum atomic E-state index is 14.0. The van der Waals surface area contributed by atoms with Crippen LogP contribution in [0.15, 0.2) is 17.1 Å². The van der Waals surface area contributed by atoms with Crippen molar-refractivity contribution >= 4 is 12.0 Å². The monoisotopic (exact) mass is 326 g/mol. The molecule has 0 N–H and O–H groups in total. The molecule has 0 saturated heterocycles. The highest BCUT2D eigenvalue weighted by Crippen LogP contribution is 2.33. The van der Waals surface area contributed by atoms with Crippen molar-refractivity contribution in [2.24, 2.45) is 10.4 Å². The molecule has 3 nitrogen and oxygen atoms in total. The molecule has 0 radical (unpaired) electrons. The fourth-order valence-corrected chi connectivity index (χ4v) is 2.26. The summed E-state index contributed by atoms with van der Waals surface area (Å²) in [4.78, 5) is 6.20. The van der Waals surface area contributed by atoms with Gasteiger partial charge in [-0.1, -0.05) is 20.8 Å². The molecule has 1 aromatic carbocycles. The predicted molar refractivity (Wildman–Crippen MR) is 92.3 cm³/mol. The van der Waals surface area contributed by atoms with E-state index in [0.717, 1.165) is 16.8 Å². The van der Waals surface area contributed by atoms with E-state index in [1.807, 2.05) is 38.9 Å². The molecule has 23 heavy (non-hydrogen) atoms. The molecule has 0 aliphatic heterocycles. The first-order valence-corrected chi connectivity index (χ1v) is 7.72. The summed E-state index contributed by atoms with van der Waals surface area (Å²) in [5, 5.41) is 0. The van der Waals surface area contributed by atoms with Crippen molar-refractivity contribution < 1.29 is 13.5 Å². The Morgan fingerprint density at radius 2 is 1.74 bits per heavy atom. The fourth-order valence-electron chi connectivity index (χ4n) is 2.26. The molecule has 0 spiro atoms. The van der Waals surface area contributed by atoms with Gasteiger partial charge in [-0.05, 0) is 42.5 Å². The van der Waals surface area contributed by atoms with Crippen molar-refractivity contribution in [2.75, 3.05) is 20.7 Å². The average Bonchev–Trinajstić information content (AvgIpc) is 2.34. The molecule has 0 aliphatic carbocycles. The van der Waals surface area contributed by atoms with Gasteiger partial charge in [0.15, 0.2) is 6.61 Å². The van der Waals surface area contributed by atoms with Gasteiger partial charge in [-0.3, -0.25) is 0 Å². The van der Waals surface area contributed by atoms with Crippen LogP contribution in [0.3, 0.4) is 0 Å². The molecular weight excluding hydrogens is 298 g/mol. The lowest BCUT2D eigenvalue weighted by atomic mass is 9.89. The second-order valence-electron chi connectivity index (χ2n) is 7.49. The van der Waals surface area contributed by atoms with Crippen molar-refractivity contribution in [1.29, 1.82) is 0 Å². The first-order chi connectivity index (χ1) is 10.4. The summed E-state index contributed by atoms with van der Waals surface area (Å²) < 4.78 is 33.3. The highest BCUT2D eigenvalue weighted by molar-refractivity contribution is 5.64. The van der Waals surface area contributed by atoms with Crippen LogP contribution in [0.1, 0.15) is 38.3 Å². The molecule has 1 aromatic rings. The average molecular weight is 326 g/mol. The fraction of sp³-hybridized carbons (Fsp3) is 0.611. The molecule has 0 aromatic heterocycles. The lowest BCUT2D eigenvalue weighted by Gasteiger charge is -2.26. The van der Waals surface area contributed by atoms with E-state index in [-0.39, 0.29) is 6.42 Å². The third kappa shape index (κ3) is 6.97. The minimum absolute atomic E-state index is 0.205. The molecule has 0 atom stereocenters. The maximum absolute atomic E-state index is 14.0. The third-order valence-electron chi connectivity index (χ3n) is 3.15. The largest absolute Gasteiger partial charge is 0.487 e. The normalized spacial score (nSPS) is 12.7. The first-order valence-electron chi connectivity index (χ1n) is 7.72. The van der Waals surface area contributed by atoms with Gasteiger partial charge in [0, 0.05) is 20.5 Å². The van der Waals surface area contributed by atoms with Crippen LogP contribution >= 0.6 is 0 Å². The van der Waals surface area contributed by atoms with Crippen molar-refractivity contribution in [3.63, 3.8) is 0 Å². The SMILES string of the molecule is Cc1cc(OCC(F)(F)CC(C)(C)C)c(C)cc1/N=C/N(C)C. The minimum atomic E-state index is -2.85. The van der Waals surface area contributed by atoms with Crippen molar-refractivity contribution in [2.45, 2.75) is 47.0 Å². The van der Waals surface area contributed by atoms with Crippen LogP contribution in [-0.2, 0) is 0 Å². The molecule has 0 bridgehead atoms. The summed E-state index contributed by atoms with van der Waals surface area (Å²) in [5.41, 5.74) is 2.06. The predicted octanol–water partition coefficient (Wildman–Crippen LogP) is 4.98. The smallest absolute Gasteiger partial charge is 0.281 e. The van der Waals surface area contributed by atoms with Gasteiger partial charge in [0.2, 0.25) is 0 Å². The maximum Gasteiger partial charge on any atom is 0.281 e. The summed E-state index contributed by atoms with van der Waals surface area (Å²) in [6.45, 7) is 8.52. The number of aliphatic imine (C=N–C) groups is 1. The van der Waals surface area contributed by atoms with E-state index in [9.17, 15) is 8.78 Å². The van der Waals surface area contributed by atoms with Gasteiger partial charge >= 0.3 is 0 Å². The Morgan fingerprint density at radius 1 is 1.13 bits per heavy atom. The molecule has 0 amide bonds. The summed E-state index contributed by atoms with van der Waals surface area (Å²) in [5.74, 6) is -2.36. The molecular formula is C18H28F2N2O. The van der Waals surface area contributed by atoms with E-state index < -0.39 is 17.9 Å². The van der Waals surface area contributed by atoms with Crippen molar-refractivity contribution in [1.82, 2.24) is 4.90 Å². The zero-order valence-corrected chi connectivity index (χ0v) is 15.2. The molecule has 0 fully saturated rings. The van der Waals surface area contributed by atoms with E-state index in [0.29, 0.717) is 5.75 Å². The van der Waals surface area contributed by atoms with Gasteiger partial charge in [0.05, 0.1) is 12.0 Å². The van der Waals surface area contributed by atoms with Gasteiger partial charge in [0.1, 0.15) is 5.75 Å². The van der Waals surface area contributed by atoms with Gasteiger partial charge in [-0.15, -0.1) is 0 Å². The van der Waals surface area contributed by atoms with Crippen LogP contribution in [0.25, 0.3) is 0 Å². The second-order valence-corrected chi connectivity index (χ2v) is 7.49. The molecule has 130 valence electrons. The Balaban J connectivity index is 2.84. The Morgan fingerprint density at radius 3 is 2.26 bits per heavy atom. The standard InChI is InChI=1S/C18H28F2N2O/c1-13-9-16(14(2)8-15(13)21-12-22(6)7)23-11-18(19,20)10-17(3,4)5/h8-9,12H,10-11H2,1-7H3/b21-12+. The highest BCUT2D eigenvalue weighted by Gasteiger charge is 2.35. The Hall–Kier alpha value is -1.65. The van der Waals surface area contributed by atoms with Crippen LogP contribution in [0.2, 0.25) is 0 Å². The Labute approximate surface area is 138 Å². The number of alkyl halides is 2. The van der Waals surface area contributed by atoms with Crippen LogP contribution in [0, 0.1) is 19.3 Å². The molecule has 0 aliphatic rings. The zero-order valence-electron chi connectivity index (χ0n) is 15.2. The molecule has 0 unspecified atom stereocenters. The van der Waals surface area contributed by atoms with Gasteiger partial charge in [-0.25, -0.2) is 13.8 Å². The van der Waals surface area contributed by atoms with Crippen molar-refractivity contribution in [3.8, 4) is 5.75 Å². The van der Waals surface area contributed by atoms with E-state index in [2.05, 4.69) is 4.99 Å². The number of ether oxygens (including phenoxy) is 1. The lowest BCUT2D eigenvalue weighted by Crippen LogP contribution is -2.31. The first kappa shape index (κ1) is 19.4. The third-order valence-corrected chi connectivity index (χ3v) is 3.15. The lowest BCUT2D eigenvalue weighted by molar-refractivity contribution is -0.0696. The van der Waals surface area contributed by atoms with Crippen LogP contribution in [0.5, 0.6) is 5.75 Å². The van der Waals surface area contributed by atoms with Gasteiger partial charge in [-0.2, -0.15) is 0 Å². The molecule has 0 saturated carbocycles. The zero-order chi connectivity index (χ0) is 17.8. The number of hydrogen-bond acceptors (Lipinski definition) is 2. The highest BCUT2D eigenvalue weighted by atomic mass is 19.3. The number of hydrogen-bond donors (Lipinski definition) is 0. The van der Waals surface area contributed by atoms with Crippen LogP contribution in [-0.4, -0.2) is 37.9 Å². The number of rotatable bonds is 6. The van der Waals surface area contributed by atoms with E-state index in [1.165, 1.54) is 0 Å². The Bertz CT molecular complexity index is 561. The Kier molecular flexibility index (Phi) is 6.14. The quantitative estimate of drug-likeness (QED) is 0.544. The van der Waals surface area contributed by atoms with E-state index in [4.69, 9.17) is 4.74 Å². The van der Waals surface area contributed by atoms with Crippen LogP contribution < -0.4 is 4.74 Å². The van der Waals surface area contributed by atoms with E-state index >= 15 is 0 Å². The number of benzene rings is 1. The molecule has 0 heterocycles. The summed E-state index contributed by atoms with van der Waals surface area (Å²) >= 11 is 0. The van der Waals surface area contributed by atoms with Crippen LogP contribution in [0.4, 0.5) is 14.5 Å². The van der Waals surface area contributed by atoms with Crippen molar-refractivity contribution in [3.05, 3.63) is 23.3 Å².